The van der Waals surface area contributed by atoms with E-state index in [1.54, 1.807) is 0 Å². The van der Waals surface area contributed by atoms with Crippen LogP contribution in [0.3, 0.4) is 0 Å². The van der Waals surface area contributed by atoms with Crippen LogP contribution in [0.5, 0.6) is 0 Å². The van der Waals surface area contributed by atoms with Gasteiger partial charge in [-0.3, -0.25) is 4.94 Å². The van der Waals surface area contributed by atoms with Crippen LogP contribution in [0.15, 0.2) is 0 Å². The molecule has 0 bridgehead atoms. The highest BCUT2D eigenvalue weighted by Gasteiger charge is 1.81. The Hall–Kier alpha value is -0.250. The third kappa shape index (κ3) is 42.4. The van der Waals surface area contributed by atoms with Crippen LogP contribution in [0.1, 0.15) is 13.8 Å². The van der Waals surface area contributed by atoms with Gasteiger partial charge in [0.05, 0.1) is 0 Å². The van der Waals surface area contributed by atoms with Crippen molar-refractivity contribution in [2.75, 3.05) is 5.75 Å². The van der Waals surface area contributed by atoms with Gasteiger partial charge in [0.2, 0.25) is 0 Å². The third-order valence-electron chi connectivity index (χ3n) is 0.109. The Morgan fingerprint density at radius 2 is 2.00 bits per heavy atom. The summed E-state index contributed by atoms with van der Waals surface area (Å²) in [5.41, 5.74) is 0. The fraction of sp³-hybridized carbons (Fsp3) is 0.750. The van der Waals surface area contributed by atoms with E-state index in [-0.39, 0.29) is 0 Å². The topological polar surface area (TPSA) is 26.3 Å². The van der Waals surface area contributed by atoms with Gasteiger partial charge < -0.3 is 0 Å². The molecule has 0 aromatic rings. The van der Waals surface area contributed by atoms with Gasteiger partial charge in [0, 0.05) is 11.4 Å². The van der Waals surface area contributed by atoms with Gasteiger partial charge in [0.25, 0.3) is 0 Å². The van der Waals surface area contributed by atoms with E-state index >= 15 is 0 Å². The summed E-state index contributed by atoms with van der Waals surface area (Å²) in [6.45, 7) is 2.98. The summed E-state index contributed by atoms with van der Waals surface area (Å²) < 4.78 is 10.3. The molecule has 2 nitrogen and oxygen atoms in total. The number of hydrogen-bond donors (Lipinski definition) is 1. The van der Waals surface area contributed by atoms with Crippen molar-refractivity contribution in [3.05, 3.63) is 0 Å². The van der Waals surface area contributed by atoms with E-state index in [0.29, 0.717) is 0 Å². The zero-order valence-corrected chi connectivity index (χ0v) is 5.74. The summed E-state index contributed by atoms with van der Waals surface area (Å²) >= 11 is 3.79. The minimum Gasteiger partial charge on any atom is -0.255 e. The molecule has 0 unspecified atom stereocenters. The molecule has 0 spiro atoms. The molecule has 0 saturated heterocycles. The lowest BCUT2D eigenvalue weighted by molar-refractivity contribution is -0.180. The molecular weight excluding hydrogens is 131 g/mol. The van der Waals surface area contributed by atoms with Crippen LogP contribution in [-0.2, 0) is 9.74 Å². The average Bonchev–Trinajstić information content (AvgIpc) is 1.69. The number of halogens is 1. The lowest BCUT2D eigenvalue weighted by Crippen LogP contribution is -1.83. The molecule has 0 aliphatic heterocycles. The van der Waals surface area contributed by atoms with Crippen molar-refractivity contribution >= 4 is 18.6 Å². The summed E-state index contributed by atoms with van der Waals surface area (Å²) in [6.07, 6.45) is 0. The highest BCUT2D eigenvalue weighted by molar-refractivity contribution is 7.80. The van der Waals surface area contributed by atoms with E-state index < -0.39 is 5.97 Å². The van der Waals surface area contributed by atoms with Crippen LogP contribution in [0.4, 0.5) is 4.53 Å². The molecule has 0 aromatic heterocycles. The molecule has 0 atom stereocenters. The minimum atomic E-state index is -0.912. The molecule has 50 valence electrons. The second-order valence-corrected chi connectivity index (χ2v) is 1.52. The molecule has 0 fully saturated rings. The molecule has 0 aliphatic carbocycles. The fourth-order valence-corrected chi connectivity index (χ4v) is 0. The van der Waals surface area contributed by atoms with Gasteiger partial charge in [0.1, 0.15) is 0 Å². The van der Waals surface area contributed by atoms with Gasteiger partial charge in [0.15, 0.2) is 0 Å². The largest absolute Gasteiger partial charge is 0.345 e. The van der Waals surface area contributed by atoms with Gasteiger partial charge in [-0.1, -0.05) is 6.92 Å². The van der Waals surface area contributed by atoms with Crippen LogP contribution >= 0.6 is 12.6 Å². The molecule has 8 heavy (non-hydrogen) atoms. The van der Waals surface area contributed by atoms with E-state index in [0.717, 1.165) is 12.7 Å². The monoisotopic (exact) mass is 140 g/mol. The molecule has 0 saturated carbocycles. The molecule has 0 amide bonds. The van der Waals surface area contributed by atoms with E-state index in [2.05, 4.69) is 17.6 Å². The molecule has 0 aromatic carbocycles. The number of hydrogen-bond acceptors (Lipinski definition) is 3. The van der Waals surface area contributed by atoms with E-state index in [1.165, 1.54) is 0 Å². The first-order valence-electron chi connectivity index (χ1n) is 2.09. The highest BCUT2D eigenvalue weighted by Crippen LogP contribution is 1.69. The van der Waals surface area contributed by atoms with Crippen molar-refractivity contribution in [2.45, 2.75) is 13.8 Å². The standard InChI is InChI=1S/C2H3FO2.C2H6S/c1-2(4)5-3;1-2-3/h1H3;3H,2H2,1H3. The van der Waals surface area contributed by atoms with Crippen molar-refractivity contribution < 1.29 is 14.3 Å². The normalized spacial score (nSPS) is 6.50. The Morgan fingerprint density at radius 1 is 1.88 bits per heavy atom. The van der Waals surface area contributed by atoms with Gasteiger partial charge >= 0.3 is 5.97 Å². The van der Waals surface area contributed by atoms with Crippen LogP contribution < -0.4 is 0 Å². The summed E-state index contributed by atoms with van der Waals surface area (Å²) in [5.74, 6) is 0.0324. The second kappa shape index (κ2) is 9.89. The minimum absolute atomic E-state index is 0.912. The maximum absolute atomic E-state index is 10.3. The molecule has 0 rings (SSSR count). The third-order valence-corrected chi connectivity index (χ3v) is 0.109. The molecule has 0 N–H and O–H groups in total. The van der Waals surface area contributed by atoms with Gasteiger partial charge in [-0.25, -0.2) is 4.79 Å². The fourth-order valence-electron chi connectivity index (χ4n) is 0. The Kier molecular flexibility index (Phi) is 13.2. The van der Waals surface area contributed by atoms with Crippen molar-refractivity contribution in [3.63, 3.8) is 0 Å². The SMILES string of the molecule is CC(=O)OF.CCS. The van der Waals surface area contributed by atoms with Crippen molar-refractivity contribution in [1.82, 2.24) is 0 Å². The second-order valence-electron chi connectivity index (χ2n) is 0.885. The number of rotatable bonds is 0. The average molecular weight is 140 g/mol. The van der Waals surface area contributed by atoms with E-state index in [4.69, 9.17) is 0 Å². The van der Waals surface area contributed by atoms with Gasteiger partial charge in [-0.2, -0.15) is 12.6 Å². The Bertz CT molecular complexity index is 58.0. The Balaban J connectivity index is 0. The van der Waals surface area contributed by atoms with Gasteiger partial charge in [-0.05, 0) is 5.75 Å². The highest BCUT2D eigenvalue weighted by atomic mass is 32.1. The summed E-state index contributed by atoms with van der Waals surface area (Å²) in [7, 11) is 0. The van der Waals surface area contributed by atoms with Gasteiger partial charge in [-0.15, -0.1) is 0 Å². The number of carbonyl (C=O) groups excluding carboxylic acids is 1. The predicted molar refractivity (Wildman–Crippen MR) is 32.4 cm³/mol. The first kappa shape index (κ1) is 10.7. The molecule has 4 heteroatoms. The Labute approximate surface area is 53.3 Å². The first-order valence-corrected chi connectivity index (χ1v) is 2.72. The van der Waals surface area contributed by atoms with Crippen LogP contribution in [0.2, 0.25) is 0 Å². The van der Waals surface area contributed by atoms with Crippen LogP contribution in [0, 0.1) is 0 Å². The maximum atomic E-state index is 10.3. The predicted octanol–water partition coefficient (Wildman–Crippen LogP) is 1.37. The van der Waals surface area contributed by atoms with Crippen molar-refractivity contribution in [2.24, 2.45) is 0 Å². The van der Waals surface area contributed by atoms with E-state index in [9.17, 15) is 9.32 Å². The Morgan fingerprint density at radius 3 is 2.00 bits per heavy atom. The summed E-state index contributed by atoms with van der Waals surface area (Å²) in [5, 5.41) is 0. The van der Waals surface area contributed by atoms with Crippen molar-refractivity contribution in [1.29, 1.82) is 0 Å². The van der Waals surface area contributed by atoms with Crippen molar-refractivity contribution in [3.8, 4) is 0 Å². The summed E-state index contributed by atoms with van der Waals surface area (Å²) in [6, 6.07) is 0. The quantitative estimate of drug-likeness (QED) is 0.514. The molecule has 0 heterocycles. The zero-order valence-electron chi connectivity index (χ0n) is 4.85. The number of thiol groups is 1. The van der Waals surface area contributed by atoms with Crippen LogP contribution in [0.25, 0.3) is 0 Å². The first-order chi connectivity index (χ1) is 3.68. The molecule has 0 radical (unpaired) electrons. The zero-order chi connectivity index (χ0) is 6.99. The lowest BCUT2D eigenvalue weighted by atomic mass is 10.9. The smallest absolute Gasteiger partial charge is 0.255 e. The van der Waals surface area contributed by atoms with Crippen LogP contribution in [-0.4, -0.2) is 11.7 Å². The maximum Gasteiger partial charge on any atom is 0.345 e. The number of carbonyl (C=O) groups is 1. The van der Waals surface area contributed by atoms with E-state index in [1.807, 2.05) is 6.92 Å². The molecular formula is C4H9FO2S. The lowest BCUT2D eigenvalue weighted by Gasteiger charge is -1.71. The molecule has 0 aliphatic rings. The summed E-state index contributed by atoms with van der Waals surface area (Å²) in [4.78, 5) is 11.8.